The molecular formula is C17H33N3O. The lowest BCUT2D eigenvalue weighted by Crippen LogP contribution is -2.42. The summed E-state index contributed by atoms with van der Waals surface area (Å²) in [6.07, 6.45) is 0.981. The minimum atomic E-state index is -0.670. The lowest BCUT2D eigenvalue weighted by molar-refractivity contribution is 0.00532. The highest BCUT2D eigenvalue weighted by atomic mass is 16.3. The Balaban J connectivity index is 2.76. The molecule has 0 bridgehead atoms. The van der Waals surface area contributed by atoms with Crippen LogP contribution in [0, 0.1) is 19.8 Å². The van der Waals surface area contributed by atoms with Gasteiger partial charge in [0, 0.05) is 24.3 Å². The summed E-state index contributed by atoms with van der Waals surface area (Å²) in [5.74, 6) is 0.282. The molecule has 0 aliphatic heterocycles. The van der Waals surface area contributed by atoms with Crippen molar-refractivity contribution < 1.29 is 5.11 Å². The normalized spacial score (nSPS) is 16.8. The van der Waals surface area contributed by atoms with Gasteiger partial charge in [-0.15, -0.1) is 0 Å². The molecular weight excluding hydrogens is 262 g/mol. The first-order chi connectivity index (χ1) is 9.50. The molecule has 122 valence electrons. The van der Waals surface area contributed by atoms with Gasteiger partial charge in [0.05, 0.1) is 16.8 Å². The maximum Gasteiger partial charge on any atom is 0.0768 e. The molecule has 1 rings (SSSR count). The summed E-state index contributed by atoms with van der Waals surface area (Å²) >= 11 is 0. The monoisotopic (exact) mass is 295 g/mol. The Bertz CT molecular complexity index is 469. The van der Waals surface area contributed by atoms with Gasteiger partial charge in [0.2, 0.25) is 0 Å². The molecule has 21 heavy (non-hydrogen) atoms. The van der Waals surface area contributed by atoms with Crippen LogP contribution >= 0.6 is 0 Å². The van der Waals surface area contributed by atoms with Crippen molar-refractivity contribution in [2.24, 2.45) is 5.92 Å². The quantitative estimate of drug-likeness (QED) is 0.847. The van der Waals surface area contributed by atoms with E-state index in [1.165, 1.54) is 11.3 Å². The standard InChI is InChI=1S/C17H33N3O/c1-9-12(2)17(8,21)11-18-10-15-13(3)19-20(14(15)4)16(5,6)7/h12,18,21H,9-11H2,1-8H3. The molecule has 0 radical (unpaired) electrons. The second kappa shape index (κ2) is 6.49. The van der Waals surface area contributed by atoms with E-state index in [0.717, 1.165) is 18.7 Å². The van der Waals surface area contributed by atoms with Gasteiger partial charge >= 0.3 is 0 Å². The third-order valence-electron chi connectivity index (χ3n) is 4.54. The van der Waals surface area contributed by atoms with Crippen LogP contribution in [0.2, 0.25) is 0 Å². The first kappa shape index (κ1) is 18.2. The van der Waals surface area contributed by atoms with E-state index in [9.17, 15) is 5.11 Å². The van der Waals surface area contributed by atoms with Gasteiger partial charge in [-0.1, -0.05) is 20.3 Å². The van der Waals surface area contributed by atoms with Crippen molar-refractivity contribution in [3.8, 4) is 0 Å². The number of hydrogen-bond donors (Lipinski definition) is 2. The number of nitrogens with zero attached hydrogens (tertiary/aromatic N) is 2. The summed E-state index contributed by atoms with van der Waals surface area (Å²) in [6.45, 7) is 18.1. The average molecular weight is 295 g/mol. The molecule has 2 unspecified atom stereocenters. The molecule has 4 heteroatoms. The van der Waals surface area contributed by atoms with Crippen molar-refractivity contribution in [3.63, 3.8) is 0 Å². The number of hydrogen-bond acceptors (Lipinski definition) is 3. The van der Waals surface area contributed by atoms with Crippen LogP contribution in [0.25, 0.3) is 0 Å². The van der Waals surface area contributed by atoms with E-state index in [4.69, 9.17) is 0 Å². The zero-order valence-electron chi connectivity index (χ0n) is 15.0. The molecule has 1 aromatic heterocycles. The van der Waals surface area contributed by atoms with Crippen LogP contribution in [0.1, 0.15) is 64.9 Å². The van der Waals surface area contributed by atoms with Crippen LogP contribution in [-0.2, 0) is 12.1 Å². The molecule has 1 heterocycles. The second-order valence-corrected chi connectivity index (χ2v) is 7.50. The molecule has 4 nitrogen and oxygen atoms in total. The summed E-state index contributed by atoms with van der Waals surface area (Å²) in [4.78, 5) is 0. The summed E-state index contributed by atoms with van der Waals surface area (Å²) in [6, 6.07) is 0. The lowest BCUT2D eigenvalue weighted by atomic mass is 9.88. The van der Waals surface area contributed by atoms with Crippen molar-refractivity contribution >= 4 is 0 Å². The molecule has 0 aliphatic carbocycles. The van der Waals surface area contributed by atoms with E-state index in [1.54, 1.807) is 0 Å². The predicted molar refractivity (Wildman–Crippen MR) is 88.5 cm³/mol. The number of rotatable bonds is 6. The number of nitrogens with one attached hydrogen (secondary N) is 1. The second-order valence-electron chi connectivity index (χ2n) is 7.50. The molecule has 0 aliphatic rings. The molecule has 0 amide bonds. The summed E-state index contributed by atoms with van der Waals surface area (Å²) in [5, 5.41) is 18.5. The zero-order chi connectivity index (χ0) is 16.4. The highest BCUT2D eigenvalue weighted by molar-refractivity contribution is 5.25. The van der Waals surface area contributed by atoms with Gasteiger partial charge in [0.1, 0.15) is 0 Å². The van der Waals surface area contributed by atoms with Crippen LogP contribution in [0.3, 0.4) is 0 Å². The molecule has 2 N–H and O–H groups in total. The van der Waals surface area contributed by atoms with Gasteiger partial charge in [0.25, 0.3) is 0 Å². The highest BCUT2D eigenvalue weighted by Crippen LogP contribution is 2.22. The van der Waals surface area contributed by atoms with Gasteiger partial charge in [-0.3, -0.25) is 4.68 Å². The predicted octanol–water partition coefficient (Wildman–Crippen LogP) is 3.14. The van der Waals surface area contributed by atoms with E-state index >= 15 is 0 Å². The molecule has 0 saturated carbocycles. The Morgan fingerprint density at radius 3 is 2.24 bits per heavy atom. The van der Waals surface area contributed by atoms with Gasteiger partial charge in [-0.25, -0.2) is 0 Å². The minimum absolute atomic E-state index is 0.00465. The minimum Gasteiger partial charge on any atom is -0.389 e. The number of aromatic nitrogens is 2. The zero-order valence-corrected chi connectivity index (χ0v) is 15.0. The van der Waals surface area contributed by atoms with Gasteiger partial charge in [0.15, 0.2) is 0 Å². The van der Waals surface area contributed by atoms with Crippen LogP contribution in [-0.4, -0.2) is 27.0 Å². The van der Waals surface area contributed by atoms with E-state index in [2.05, 4.69) is 63.6 Å². The van der Waals surface area contributed by atoms with Crippen molar-refractivity contribution in [2.45, 2.75) is 79.5 Å². The first-order valence-electron chi connectivity index (χ1n) is 7.99. The SMILES string of the molecule is CCC(C)C(C)(O)CNCc1c(C)nn(C(C)(C)C)c1C. The van der Waals surface area contributed by atoms with Gasteiger partial charge < -0.3 is 10.4 Å². The fraction of sp³-hybridized carbons (Fsp3) is 0.824. The van der Waals surface area contributed by atoms with Crippen LogP contribution in [0.5, 0.6) is 0 Å². The summed E-state index contributed by atoms with van der Waals surface area (Å²) in [7, 11) is 0. The van der Waals surface area contributed by atoms with Crippen LogP contribution in [0.4, 0.5) is 0 Å². The Labute approximate surface area is 129 Å². The van der Waals surface area contributed by atoms with Crippen LogP contribution in [0.15, 0.2) is 0 Å². The maximum atomic E-state index is 10.5. The third kappa shape index (κ3) is 4.30. The lowest BCUT2D eigenvalue weighted by Gasteiger charge is -2.30. The maximum absolute atomic E-state index is 10.5. The molecule has 0 spiro atoms. The molecule has 2 atom stereocenters. The highest BCUT2D eigenvalue weighted by Gasteiger charge is 2.27. The van der Waals surface area contributed by atoms with E-state index < -0.39 is 5.60 Å². The van der Waals surface area contributed by atoms with E-state index in [-0.39, 0.29) is 11.5 Å². The molecule has 0 aromatic carbocycles. The Kier molecular flexibility index (Phi) is 5.62. The van der Waals surface area contributed by atoms with Gasteiger partial charge in [-0.05, 0) is 47.5 Å². The molecule has 0 saturated heterocycles. The Morgan fingerprint density at radius 2 is 1.81 bits per heavy atom. The van der Waals surface area contributed by atoms with Crippen molar-refractivity contribution in [1.82, 2.24) is 15.1 Å². The fourth-order valence-electron chi connectivity index (χ4n) is 2.64. The van der Waals surface area contributed by atoms with Crippen molar-refractivity contribution in [3.05, 3.63) is 17.0 Å². The number of aryl methyl sites for hydroxylation is 1. The smallest absolute Gasteiger partial charge is 0.0768 e. The largest absolute Gasteiger partial charge is 0.389 e. The van der Waals surface area contributed by atoms with Gasteiger partial charge in [-0.2, -0.15) is 5.10 Å². The Morgan fingerprint density at radius 1 is 1.24 bits per heavy atom. The third-order valence-corrected chi connectivity index (χ3v) is 4.54. The van der Waals surface area contributed by atoms with Crippen molar-refractivity contribution in [2.75, 3.05) is 6.54 Å². The van der Waals surface area contributed by atoms with E-state index in [1.807, 2.05) is 6.92 Å². The fourth-order valence-corrected chi connectivity index (χ4v) is 2.64. The van der Waals surface area contributed by atoms with Crippen molar-refractivity contribution in [1.29, 1.82) is 0 Å². The van der Waals surface area contributed by atoms with E-state index in [0.29, 0.717) is 6.54 Å². The first-order valence-corrected chi connectivity index (χ1v) is 7.99. The molecule has 0 fully saturated rings. The Hall–Kier alpha value is -0.870. The topological polar surface area (TPSA) is 50.1 Å². The summed E-state index contributed by atoms with van der Waals surface area (Å²) in [5.41, 5.74) is 2.84. The molecule has 1 aromatic rings. The average Bonchev–Trinajstić information content (AvgIpc) is 2.65. The summed E-state index contributed by atoms with van der Waals surface area (Å²) < 4.78 is 2.09. The van der Waals surface area contributed by atoms with Crippen LogP contribution < -0.4 is 5.32 Å². The number of aliphatic hydroxyl groups is 1.